The van der Waals surface area contributed by atoms with E-state index in [0.717, 1.165) is 24.3 Å². The fraction of sp³-hybridized carbons (Fsp3) is 0.944. The van der Waals surface area contributed by atoms with Gasteiger partial charge in [0.25, 0.3) is 0 Å². The molecule has 0 atom stereocenters. The van der Waals surface area contributed by atoms with Crippen molar-refractivity contribution < 1.29 is 14.3 Å². The van der Waals surface area contributed by atoms with Crippen LogP contribution in [0.1, 0.15) is 38.5 Å². The highest BCUT2D eigenvalue weighted by Crippen LogP contribution is 2.59. The normalized spacial score (nSPS) is 34.6. The average molecular weight is 324 g/mol. The largest absolute Gasteiger partial charge is 0.383 e. The number of ether oxygens (including phenoxy) is 2. The summed E-state index contributed by atoms with van der Waals surface area (Å²) in [5, 5.41) is 3.23. The molecule has 5 nitrogen and oxygen atoms in total. The summed E-state index contributed by atoms with van der Waals surface area (Å²) in [6, 6.07) is 0.0369. The Kier molecular flexibility index (Phi) is 5.47. The molecule has 132 valence electrons. The number of rotatable bonds is 8. The first kappa shape index (κ1) is 17.0. The third-order valence-corrected chi connectivity index (χ3v) is 6.20. The number of urea groups is 1. The van der Waals surface area contributed by atoms with Crippen LogP contribution in [-0.2, 0) is 9.47 Å². The Morgan fingerprint density at radius 3 is 1.91 bits per heavy atom. The minimum absolute atomic E-state index is 0.0369. The van der Waals surface area contributed by atoms with Crippen LogP contribution in [0.3, 0.4) is 0 Å². The predicted molar refractivity (Wildman–Crippen MR) is 89.3 cm³/mol. The molecule has 23 heavy (non-hydrogen) atoms. The molecule has 4 aliphatic carbocycles. The van der Waals surface area contributed by atoms with Crippen LogP contribution in [0.4, 0.5) is 4.79 Å². The highest BCUT2D eigenvalue weighted by atomic mass is 16.5. The van der Waals surface area contributed by atoms with Crippen molar-refractivity contribution in [1.82, 2.24) is 10.2 Å². The van der Waals surface area contributed by atoms with E-state index in [4.69, 9.17) is 9.47 Å². The standard InChI is InChI=1S/C18H32N2O3/c1-22-5-3-20(4-6-23-2)17(21)19-13-18-10-14-7-15(11-18)9-16(8-14)12-18/h14-16H,3-13H2,1-2H3,(H,19,21). The van der Waals surface area contributed by atoms with Gasteiger partial charge >= 0.3 is 6.03 Å². The zero-order chi connectivity index (χ0) is 16.3. The molecule has 4 bridgehead atoms. The van der Waals surface area contributed by atoms with Gasteiger partial charge in [-0.3, -0.25) is 0 Å². The third kappa shape index (κ3) is 4.00. The molecule has 4 fully saturated rings. The second-order valence-electron chi connectivity index (χ2n) is 8.05. The number of carbonyl (C=O) groups is 1. The lowest BCUT2D eigenvalue weighted by Crippen LogP contribution is -2.53. The Bertz CT molecular complexity index is 370. The van der Waals surface area contributed by atoms with E-state index in [0.29, 0.717) is 31.7 Å². The van der Waals surface area contributed by atoms with Crippen molar-refractivity contribution in [3.8, 4) is 0 Å². The zero-order valence-electron chi connectivity index (χ0n) is 14.7. The summed E-state index contributed by atoms with van der Waals surface area (Å²) in [4.78, 5) is 14.4. The van der Waals surface area contributed by atoms with Gasteiger partial charge in [0.15, 0.2) is 0 Å². The Balaban J connectivity index is 1.52. The van der Waals surface area contributed by atoms with Crippen LogP contribution in [0, 0.1) is 23.2 Å². The van der Waals surface area contributed by atoms with E-state index in [2.05, 4.69) is 5.32 Å². The summed E-state index contributed by atoms with van der Waals surface area (Å²) < 4.78 is 10.2. The summed E-state index contributed by atoms with van der Waals surface area (Å²) in [5.74, 6) is 2.78. The molecule has 1 N–H and O–H groups in total. The molecule has 0 unspecified atom stereocenters. The zero-order valence-corrected chi connectivity index (χ0v) is 14.7. The summed E-state index contributed by atoms with van der Waals surface area (Å²) >= 11 is 0. The number of hydrogen-bond acceptors (Lipinski definition) is 3. The lowest BCUT2D eigenvalue weighted by molar-refractivity contribution is -0.0503. The Hall–Kier alpha value is -0.810. The molecule has 4 saturated carbocycles. The summed E-state index contributed by atoms with van der Waals surface area (Å²) in [7, 11) is 3.34. The van der Waals surface area contributed by atoms with Gasteiger partial charge in [0.2, 0.25) is 0 Å². The molecule has 0 aromatic carbocycles. The van der Waals surface area contributed by atoms with E-state index in [9.17, 15) is 4.79 Å². The number of carbonyl (C=O) groups excluding carboxylic acids is 1. The molecule has 0 heterocycles. The van der Waals surface area contributed by atoms with Gasteiger partial charge < -0.3 is 19.7 Å². The molecule has 4 rings (SSSR count). The van der Waals surface area contributed by atoms with E-state index in [-0.39, 0.29) is 6.03 Å². The van der Waals surface area contributed by atoms with Crippen LogP contribution >= 0.6 is 0 Å². The van der Waals surface area contributed by atoms with Gasteiger partial charge in [-0.05, 0) is 61.7 Å². The van der Waals surface area contributed by atoms with Crippen molar-refractivity contribution in [1.29, 1.82) is 0 Å². The molecule has 0 spiro atoms. The predicted octanol–water partition coefficient (Wildman–Crippen LogP) is 2.51. The van der Waals surface area contributed by atoms with Crippen LogP contribution in [-0.4, -0.2) is 58.0 Å². The van der Waals surface area contributed by atoms with Crippen LogP contribution in [0.5, 0.6) is 0 Å². The minimum Gasteiger partial charge on any atom is -0.383 e. The van der Waals surface area contributed by atoms with Crippen molar-refractivity contribution in [2.45, 2.75) is 38.5 Å². The maximum absolute atomic E-state index is 12.6. The second kappa shape index (κ2) is 7.39. The first-order valence-electron chi connectivity index (χ1n) is 9.15. The quantitative estimate of drug-likeness (QED) is 0.746. The number of nitrogens with one attached hydrogen (secondary N) is 1. The molecule has 5 heteroatoms. The molecule has 0 radical (unpaired) electrons. The summed E-state index contributed by atoms with van der Waals surface area (Å²) in [6.07, 6.45) is 8.32. The second-order valence-corrected chi connectivity index (χ2v) is 8.05. The van der Waals surface area contributed by atoms with Crippen LogP contribution in [0.25, 0.3) is 0 Å². The first-order chi connectivity index (χ1) is 11.1. The average Bonchev–Trinajstić information content (AvgIpc) is 2.51. The molecule has 0 saturated heterocycles. The molecule has 4 aliphatic rings. The monoisotopic (exact) mass is 324 g/mol. The number of nitrogens with zero attached hydrogens (tertiary/aromatic N) is 1. The Morgan fingerprint density at radius 2 is 1.48 bits per heavy atom. The van der Waals surface area contributed by atoms with Crippen LogP contribution in [0.2, 0.25) is 0 Å². The first-order valence-corrected chi connectivity index (χ1v) is 9.15. The smallest absolute Gasteiger partial charge is 0.317 e. The molecular weight excluding hydrogens is 292 g/mol. The molecular formula is C18H32N2O3. The van der Waals surface area contributed by atoms with E-state index in [1.165, 1.54) is 38.5 Å². The van der Waals surface area contributed by atoms with Gasteiger partial charge in [-0.15, -0.1) is 0 Å². The van der Waals surface area contributed by atoms with Gasteiger partial charge in [-0.1, -0.05) is 0 Å². The highest BCUT2D eigenvalue weighted by molar-refractivity contribution is 5.74. The van der Waals surface area contributed by atoms with Crippen molar-refractivity contribution in [3.63, 3.8) is 0 Å². The van der Waals surface area contributed by atoms with E-state index >= 15 is 0 Å². The van der Waals surface area contributed by atoms with Crippen molar-refractivity contribution in [3.05, 3.63) is 0 Å². The number of methoxy groups -OCH3 is 2. The topological polar surface area (TPSA) is 50.8 Å². The number of amides is 2. The molecule has 0 aromatic rings. The molecule has 0 aliphatic heterocycles. The van der Waals surface area contributed by atoms with Gasteiger partial charge in [0, 0.05) is 33.9 Å². The lowest BCUT2D eigenvalue weighted by Gasteiger charge is -2.57. The fourth-order valence-corrected chi connectivity index (χ4v) is 5.60. The highest BCUT2D eigenvalue weighted by Gasteiger charge is 2.50. The molecule has 0 aromatic heterocycles. The number of hydrogen-bond donors (Lipinski definition) is 1. The molecule has 2 amide bonds. The fourth-order valence-electron chi connectivity index (χ4n) is 5.60. The summed E-state index contributed by atoms with van der Waals surface area (Å²) in [5.41, 5.74) is 0.387. The van der Waals surface area contributed by atoms with Crippen molar-refractivity contribution in [2.24, 2.45) is 23.2 Å². The SMILES string of the molecule is COCCN(CCOC)C(=O)NCC12CC3CC(CC(C3)C1)C2. The summed E-state index contributed by atoms with van der Waals surface area (Å²) in [6.45, 7) is 3.22. The van der Waals surface area contributed by atoms with E-state index in [1.54, 1.807) is 14.2 Å². The Morgan fingerprint density at radius 1 is 1.00 bits per heavy atom. The third-order valence-electron chi connectivity index (χ3n) is 6.20. The van der Waals surface area contributed by atoms with Gasteiger partial charge in [0.05, 0.1) is 13.2 Å². The van der Waals surface area contributed by atoms with E-state index < -0.39 is 0 Å². The van der Waals surface area contributed by atoms with Crippen LogP contribution in [0.15, 0.2) is 0 Å². The van der Waals surface area contributed by atoms with E-state index in [1.807, 2.05) is 4.90 Å². The maximum atomic E-state index is 12.6. The lowest BCUT2D eigenvalue weighted by atomic mass is 9.49. The van der Waals surface area contributed by atoms with Gasteiger partial charge in [-0.2, -0.15) is 0 Å². The maximum Gasteiger partial charge on any atom is 0.317 e. The van der Waals surface area contributed by atoms with Crippen molar-refractivity contribution in [2.75, 3.05) is 47.1 Å². The van der Waals surface area contributed by atoms with Crippen LogP contribution < -0.4 is 5.32 Å². The van der Waals surface area contributed by atoms with Gasteiger partial charge in [0.1, 0.15) is 0 Å². The van der Waals surface area contributed by atoms with Crippen molar-refractivity contribution >= 4 is 6.03 Å². The Labute approximate surface area is 140 Å². The van der Waals surface area contributed by atoms with Gasteiger partial charge in [-0.25, -0.2) is 4.79 Å². The minimum atomic E-state index is 0.0369.